The molecule has 0 aliphatic carbocycles. The minimum Gasteiger partial charge on any atom is -0.342 e. The van der Waals surface area contributed by atoms with Crippen LogP contribution in [0.3, 0.4) is 0 Å². The first-order valence-electron chi connectivity index (χ1n) is 6.75. The van der Waals surface area contributed by atoms with Gasteiger partial charge in [-0.3, -0.25) is 14.9 Å². The van der Waals surface area contributed by atoms with Crippen LogP contribution in [0.2, 0.25) is 0 Å². The zero-order valence-electron chi connectivity index (χ0n) is 12.3. The van der Waals surface area contributed by atoms with Gasteiger partial charge in [0.15, 0.2) is 0 Å². The number of amides is 1. The van der Waals surface area contributed by atoms with Crippen LogP contribution in [-0.2, 0) is 11.2 Å². The Balaban J connectivity index is 0.00000242. The zero-order valence-corrected chi connectivity index (χ0v) is 14.7. The lowest BCUT2D eigenvalue weighted by molar-refractivity contribution is -0.384. The number of rotatable bonds is 4. The number of hydrogen-bond acceptors (Lipinski definition) is 4. The summed E-state index contributed by atoms with van der Waals surface area (Å²) >= 11 is 3.29. The van der Waals surface area contributed by atoms with Crippen molar-refractivity contribution in [3.63, 3.8) is 0 Å². The van der Waals surface area contributed by atoms with Crippen molar-refractivity contribution in [1.29, 1.82) is 0 Å². The Labute approximate surface area is 143 Å². The van der Waals surface area contributed by atoms with E-state index in [-0.39, 0.29) is 35.8 Å². The van der Waals surface area contributed by atoms with Crippen LogP contribution in [0.4, 0.5) is 5.69 Å². The highest BCUT2D eigenvalue weighted by Crippen LogP contribution is 2.30. The number of halogens is 2. The molecule has 1 aromatic rings. The number of carbonyl (C=O) groups excluding carboxylic acids is 1. The normalized spacial score (nSPS) is 20.6. The first-order chi connectivity index (χ1) is 9.84. The van der Waals surface area contributed by atoms with Crippen LogP contribution in [0.25, 0.3) is 0 Å². The fraction of sp³-hybridized carbons (Fsp3) is 0.500. The number of likely N-dealkylation sites (tertiary alicyclic amines) is 1. The molecule has 8 heteroatoms. The van der Waals surface area contributed by atoms with Crippen molar-refractivity contribution in [2.75, 3.05) is 19.6 Å². The summed E-state index contributed by atoms with van der Waals surface area (Å²) in [4.78, 5) is 24.4. The maximum absolute atomic E-state index is 12.3. The monoisotopic (exact) mass is 391 g/mol. The molecule has 2 rings (SSSR count). The number of benzene rings is 1. The molecule has 1 saturated heterocycles. The molecule has 1 aliphatic heterocycles. The van der Waals surface area contributed by atoms with Gasteiger partial charge in [-0.05, 0) is 23.9 Å². The van der Waals surface area contributed by atoms with E-state index in [4.69, 9.17) is 5.73 Å². The predicted molar refractivity (Wildman–Crippen MR) is 90.1 cm³/mol. The van der Waals surface area contributed by atoms with Gasteiger partial charge in [-0.2, -0.15) is 0 Å². The average Bonchev–Trinajstić information content (AvgIpc) is 2.84. The Morgan fingerprint density at radius 1 is 1.55 bits per heavy atom. The molecule has 0 bridgehead atoms. The van der Waals surface area contributed by atoms with Gasteiger partial charge in [-0.15, -0.1) is 12.4 Å². The number of nitro benzene ring substituents is 1. The minimum absolute atomic E-state index is 0. The molecule has 6 nitrogen and oxygen atoms in total. The summed E-state index contributed by atoms with van der Waals surface area (Å²) in [6.07, 6.45) is 1.15. The van der Waals surface area contributed by atoms with E-state index in [1.54, 1.807) is 6.07 Å². The molecule has 0 spiro atoms. The topological polar surface area (TPSA) is 89.5 Å². The van der Waals surface area contributed by atoms with E-state index in [1.807, 2.05) is 4.90 Å². The van der Waals surface area contributed by atoms with Crippen molar-refractivity contribution >= 4 is 39.9 Å². The predicted octanol–water partition coefficient (Wildman–Crippen LogP) is 2.52. The quantitative estimate of drug-likeness (QED) is 0.630. The van der Waals surface area contributed by atoms with Crippen LogP contribution in [-0.4, -0.2) is 35.4 Å². The first kappa shape index (κ1) is 18.9. The number of carbonyl (C=O) groups is 1. The van der Waals surface area contributed by atoms with Crippen molar-refractivity contribution in [3.05, 3.63) is 38.3 Å². The molecule has 1 atom stereocenters. The van der Waals surface area contributed by atoms with Crippen molar-refractivity contribution in [2.45, 2.75) is 19.8 Å². The summed E-state index contributed by atoms with van der Waals surface area (Å²) in [6.45, 7) is 4.05. The SMILES string of the molecule is CC1(CN)CCN(C(=O)Cc2ccc([N+](=O)[O-])cc2Br)C1.Cl. The lowest BCUT2D eigenvalue weighted by Gasteiger charge is -2.22. The van der Waals surface area contributed by atoms with Crippen LogP contribution < -0.4 is 5.73 Å². The Morgan fingerprint density at radius 2 is 2.23 bits per heavy atom. The third-order valence-electron chi connectivity index (χ3n) is 3.99. The second-order valence-electron chi connectivity index (χ2n) is 5.79. The lowest BCUT2D eigenvalue weighted by Crippen LogP contribution is -2.35. The fourth-order valence-corrected chi connectivity index (χ4v) is 2.98. The van der Waals surface area contributed by atoms with E-state index in [9.17, 15) is 14.9 Å². The van der Waals surface area contributed by atoms with Gasteiger partial charge < -0.3 is 10.6 Å². The van der Waals surface area contributed by atoms with Gasteiger partial charge in [0, 0.05) is 29.7 Å². The third-order valence-corrected chi connectivity index (χ3v) is 4.73. The molecule has 122 valence electrons. The molecule has 1 aromatic carbocycles. The molecule has 1 amide bonds. The summed E-state index contributed by atoms with van der Waals surface area (Å²) in [6, 6.07) is 4.47. The van der Waals surface area contributed by atoms with Gasteiger partial charge in [-0.1, -0.05) is 28.9 Å². The summed E-state index contributed by atoms with van der Waals surface area (Å²) in [5.41, 5.74) is 6.51. The second kappa shape index (κ2) is 7.39. The second-order valence-corrected chi connectivity index (χ2v) is 6.64. The molecule has 1 heterocycles. The number of non-ortho nitro benzene ring substituents is 1. The van der Waals surface area contributed by atoms with E-state index in [1.165, 1.54) is 12.1 Å². The molecule has 1 fully saturated rings. The van der Waals surface area contributed by atoms with Crippen molar-refractivity contribution < 1.29 is 9.72 Å². The van der Waals surface area contributed by atoms with E-state index in [0.29, 0.717) is 17.6 Å². The van der Waals surface area contributed by atoms with Gasteiger partial charge in [0.1, 0.15) is 0 Å². The van der Waals surface area contributed by atoms with Gasteiger partial charge in [0.25, 0.3) is 5.69 Å². The van der Waals surface area contributed by atoms with Crippen LogP contribution in [0.1, 0.15) is 18.9 Å². The maximum Gasteiger partial charge on any atom is 0.270 e. The summed E-state index contributed by atoms with van der Waals surface area (Å²) in [5.74, 6) is 0.0294. The Hall–Kier alpha value is -1.18. The van der Waals surface area contributed by atoms with Crippen LogP contribution in [0.5, 0.6) is 0 Å². The first-order valence-corrected chi connectivity index (χ1v) is 7.54. The Kier molecular flexibility index (Phi) is 6.34. The van der Waals surface area contributed by atoms with Crippen LogP contribution in [0, 0.1) is 15.5 Å². The van der Waals surface area contributed by atoms with E-state index in [0.717, 1.165) is 18.5 Å². The smallest absolute Gasteiger partial charge is 0.270 e. The molecule has 22 heavy (non-hydrogen) atoms. The molecule has 0 saturated carbocycles. The van der Waals surface area contributed by atoms with Crippen molar-refractivity contribution in [2.24, 2.45) is 11.1 Å². The molecular formula is C14H19BrClN3O3. The molecular weight excluding hydrogens is 374 g/mol. The molecule has 1 aliphatic rings. The highest BCUT2D eigenvalue weighted by molar-refractivity contribution is 9.10. The lowest BCUT2D eigenvalue weighted by atomic mass is 9.90. The Morgan fingerprint density at radius 3 is 2.73 bits per heavy atom. The van der Waals surface area contributed by atoms with Gasteiger partial charge in [-0.25, -0.2) is 0 Å². The number of hydrogen-bond donors (Lipinski definition) is 1. The number of nitrogens with two attached hydrogens (primary N) is 1. The van der Waals surface area contributed by atoms with Gasteiger partial charge >= 0.3 is 0 Å². The van der Waals surface area contributed by atoms with E-state index >= 15 is 0 Å². The minimum atomic E-state index is -0.455. The van der Waals surface area contributed by atoms with E-state index < -0.39 is 4.92 Å². The Bertz CT molecular complexity index is 584. The number of nitrogens with zero attached hydrogens (tertiary/aromatic N) is 2. The van der Waals surface area contributed by atoms with Gasteiger partial charge in [0.2, 0.25) is 5.91 Å². The fourth-order valence-electron chi connectivity index (χ4n) is 2.47. The largest absolute Gasteiger partial charge is 0.342 e. The highest BCUT2D eigenvalue weighted by Gasteiger charge is 2.34. The average molecular weight is 393 g/mol. The molecule has 2 N–H and O–H groups in total. The zero-order chi connectivity index (χ0) is 15.6. The standard InChI is InChI=1S/C14H18BrN3O3.ClH/c1-14(8-16)4-5-17(9-14)13(19)6-10-2-3-11(18(20)21)7-12(10)15;/h2-3,7H,4-6,8-9,16H2,1H3;1H. The maximum atomic E-state index is 12.3. The molecule has 1 unspecified atom stereocenters. The summed E-state index contributed by atoms with van der Waals surface area (Å²) < 4.78 is 0.589. The molecule has 0 radical (unpaired) electrons. The van der Waals surface area contributed by atoms with Crippen molar-refractivity contribution in [1.82, 2.24) is 4.90 Å². The highest BCUT2D eigenvalue weighted by atomic mass is 79.9. The molecule has 0 aromatic heterocycles. The summed E-state index contributed by atoms with van der Waals surface area (Å²) in [5, 5.41) is 10.7. The summed E-state index contributed by atoms with van der Waals surface area (Å²) in [7, 11) is 0. The van der Waals surface area contributed by atoms with Gasteiger partial charge in [0.05, 0.1) is 11.3 Å². The third kappa shape index (κ3) is 4.18. The van der Waals surface area contributed by atoms with Crippen LogP contribution >= 0.6 is 28.3 Å². The van der Waals surface area contributed by atoms with Crippen molar-refractivity contribution in [3.8, 4) is 0 Å². The number of nitro groups is 1. The van der Waals surface area contributed by atoms with E-state index in [2.05, 4.69) is 22.9 Å². The van der Waals surface area contributed by atoms with Crippen LogP contribution in [0.15, 0.2) is 22.7 Å².